The quantitative estimate of drug-likeness (QED) is 0.866. The van der Waals surface area contributed by atoms with E-state index in [1.165, 1.54) is 5.56 Å². The van der Waals surface area contributed by atoms with Crippen LogP contribution in [-0.4, -0.2) is 16.7 Å². The van der Waals surface area contributed by atoms with E-state index in [9.17, 15) is 4.79 Å². The second kappa shape index (κ2) is 5.80. The van der Waals surface area contributed by atoms with Crippen LogP contribution in [0.4, 0.5) is 0 Å². The number of aromatic nitrogens is 1. The molecule has 1 aliphatic heterocycles. The largest absolute Gasteiger partial charge is 0.305 e. The summed E-state index contributed by atoms with van der Waals surface area (Å²) in [4.78, 5) is 20.5. The molecule has 4 heteroatoms. The Morgan fingerprint density at radius 3 is 2.43 bits per heavy atom. The fourth-order valence-corrected chi connectivity index (χ4v) is 2.35. The van der Waals surface area contributed by atoms with Crippen molar-refractivity contribution in [3.8, 4) is 0 Å². The Morgan fingerprint density at radius 1 is 1.09 bits per heavy atom. The number of amides is 1. The van der Waals surface area contributed by atoms with Crippen LogP contribution in [0.1, 0.15) is 37.5 Å². The second-order valence-electron chi connectivity index (χ2n) is 6.56. The van der Waals surface area contributed by atoms with Crippen LogP contribution in [0, 0.1) is 0 Å². The highest BCUT2D eigenvalue weighted by Gasteiger charge is 2.21. The number of benzene rings is 1. The Morgan fingerprint density at radius 2 is 1.83 bits per heavy atom. The van der Waals surface area contributed by atoms with E-state index in [-0.39, 0.29) is 11.3 Å². The lowest BCUT2D eigenvalue weighted by Crippen LogP contribution is -2.24. The van der Waals surface area contributed by atoms with Crippen molar-refractivity contribution in [2.75, 3.05) is 0 Å². The zero-order chi connectivity index (χ0) is 16.4. The van der Waals surface area contributed by atoms with Gasteiger partial charge in [0, 0.05) is 18.0 Å². The van der Waals surface area contributed by atoms with Gasteiger partial charge in [-0.25, -0.2) is 4.99 Å². The van der Waals surface area contributed by atoms with Crippen molar-refractivity contribution in [2.24, 2.45) is 4.99 Å². The van der Waals surface area contributed by atoms with Gasteiger partial charge in [-0.15, -0.1) is 0 Å². The summed E-state index contributed by atoms with van der Waals surface area (Å²) in [7, 11) is 0. The second-order valence-corrected chi connectivity index (χ2v) is 6.56. The van der Waals surface area contributed by atoms with Crippen LogP contribution in [-0.2, 0) is 10.2 Å². The van der Waals surface area contributed by atoms with E-state index in [0.717, 1.165) is 11.1 Å². The van der Waals surface area contributed by atoms with Crippen molar-refractivity contribution in [1.82, 2.24) is 10.3 Å². The number of carbonyl (C=O) groups is 1. The Labute approximate surface area is 136 Å². The summed E-state index contributed by atoms with van der Waals surface area (Å²) in [6.07, 6.45) is 5.17. The molecule has 4 nitrogen and oxygen atoms in total. The van der Waals surface area contributed by atoms with Crippen LogP contribution in [0.5, 0.6) is 0 Å². The molecule has 3 rings (SSSR count). The van der Waals surface area contributed by atoms with E-state index in [0.29, 0.717) is 11.5 Å². The fourth-order valence-electron chi connectivity index (χ4n) is 2.35. The fraction of sp³-hybridized carbons (Fsp3) is 0.211. The molecule has 1 N–H and O–H groups in total. The van der Waals surface area contributed by atoms with E-state index in [1.54, 1.807) is 18.5 Å². The van der Waals surface area contributed by atoms with Crippen LogP contribution in [0.3, 0.4) is 0 Å². The van der Waals surface area contributed by atoms with Crippen LogP contribution in [0.15, 0.2) is 59.5 Å². The minimum Gasteiger partial charge on any atom is -0.305 e. The van der Waals surface area contributed by atoms with Crippen LogP contribution < -0.4 is 5.32 Å². The monoisotopic (exact) mass is 305 g/mol. The molecule has 0 unspecified atom stereocenters. The first kappa shape index (κ1) is 15.2. The Bertz CT molecular complexity index is 782. The van der Waals surface area contributed by atoms with Gasteiger partial charge in [-0.05, 0) is 34.8 Å². The third-order valence-electron chi connectivity index (χ3n) is 3.71. The summed E-state index contributed by atoms with van der Waals surface area (Å²) in [6.45, 7) is 6.53. The molecule has 0 spiro atoms. The van der Waals surface area contributed by atoms with Crippen molar-refractivity contribution in [1.29, 1.82) is 0 Å². The molecule has 1 aromatic heterocycles. The minimum absolute atomic E-state index is 0.113. The predicted octanol–water partition coefficient (Wildman–Crippen LogP) is 3.30. The first-order chi connectivity index (χ1) is 10.9. The average molecular weight is 305 g/mol. The van der Waals surface area contributed by atoms with Gasteiger partial charge in [0.15, 0.2) is 0 Å². The molecule has 116 valence electrons. The zero-order valence-corrected chi connectivity index (χ0v) is 13.5. The van der Waals surface area contributed by atoms with Gasteiger partial charge in [0.25, 0.3) is 5.91 Å². The Balaban J connectivity index is 1.88. The van der Waals surface area contributed by atoms with Gasteiger partial charge in [0.2, 0.25) is 0 Å². The number of pyridine rings is 1. The summed E-state index contributed by atoms with van der Waals surface area (Å²) in [5.74, 6) is 0.351. The highest BCUT2D eigenvalue weighted by atomic mass is 16.2. The lowest BCUT2D eigenvalue weighted by molar-refractivity contribution is -0.115. The molecule has 0 saturated carbocycles. The molecule has 0 radical (unpaired) electrons. The van der Waals surface area contributed by atoms with E-state index in [2.05, 4.69) is 48.2 Å². The third kappa shape index (κ3) is 3.37. The van der Waals surface area contributed by atoms with Crippen molar-refractivity contribution in [3.05, 3.63) is 71.2 Å². The van der Waals surface area contributed by atoms with Crippen molar-refractivity contribution < 1.29 is 4.79 Å². The van der Waals surface area contributed by atoms with Crippen molar-refractivity contribution in [3.63, 3.8) is 0 Å². The number of hydrogen-bond acceptors (Lipinski definition) is 3. The van der Waals surface area contributed by atoms with Gasteiger partial charge in [0.1, 0.15) is 11.5 Å². The Hall–Kier alpha value is -2.75. The number of nitrogens with one attached hydrogen (secondary N) is 1. The van der Waals surface area contributed by atoms with Crippen LogP contribution in [0.2, 0.25) is 0 Å². The first-order valence-electron chi connectivity index (χ1n) is 7.56. The molecule has 1 aromatic carbocycles. The Kier molecular flexibility index (Phi) is 3.82. The summed E-state index contributed by atoms with van der Waals surface area (Å²) in [6, 6.07) is 11.9. The standard InChI is InChI=1S/C19H19N3O/c1-19(2,3)15-8-6-13(7-9-15)11-16-18(23)22-17(21-16)14-5-4-10-20-12-14/h4-12H,1-3H3,(H,21,22,23)/b16-11+. The SMILES string of the molecule is CC(C)(C)c1ccc(/C=C2/N=C(c3cccnc3)NC2=O)cc1. The van der Waals surface area contributed by atoms with Gasteiger partial charge in [-0.2, -0.15) is 0 Å². The number of aliphatic imine (C=N–C) groups is 1. The van der Waals surface area contributed by atoms with Gasteiger partial charge in [0.05, 0.1) is 0 Å². The maximum Gasteiger partial charge on any atom is 0.275 e. The molecule has 1 amide bonds. The summed E-state index contributed by atoms with van der Waals surface area (Å²) in [5, 5.41) is 2.78. The van der Waals surface area contributed by atoms with Crippen LogP contribution in [0.25, 0.3) is 6.08 Å². The number of hydrogen-bond donors (Lipinski definition) is 1. The molecule has 2 aromatic rings. The van der Waals surface area contributed by atoms with E-state index in [1.807, 2.05) is 24.3 Å². The van der Waals surface area contributed by atoms with E-state index >= 15 is 0 Å². The van der Waals surface area contributed by atoms with Crippen molar-refractivity contribution >= 4 is 17.8 Å². The minimum atomic E-state index is -0.191. The van der Waals surface area contributed by atoms with E-state index < -0.39 is 0 Å². The van der Waals surface area contributed by atoms with Crippen molar-refractivity contribution in [2.45, 2.75) is 26.2 Å². The summed E-state index contributed by atoms with van der Waals surface area (Å²) >= 11 is 0. The number of rotatable bonds is 2. The van der Waals surface area contributed by atoms with E-state index in [4.69, 9.17) is 0 Å². The average Bonchev–Trinajstić information content (AvgIpc) is 2.89. The third-order valence-corrected chi connectivity index (χ3v) is 3.71. The molecule has 23 heavy (non-hydrogen) atoms. The smallest absolute Gasteiger partial charge is 0.275 e. The highest BCUT2D eigenvalue weighted by molar-refractivity contribution is 6.19. The molecule has 0 atom stereocenters. The summed E-state index contributed by atoms with van der Waals surface area (Å²) in [5.41, 5.74) is 3.54. The first-order valence-corrected chi connectivity index (χ1v) is 7.56. The predicted molar refractivity (Wildman–Crippen MR) is 92.0 cm³/mol. The van der Waals surface area contributed by atoms with Gasteiger partial charge in [-0.3, -0.25) is 9.78 Å². The number of carbonyl (C=O) groups excluding carboxylic acids is 1. The molecule has 0 bridgehead atoms. The molecular formula is C19H19N3O. The normalized spacial score (nSPS) is 16.4. The lowest BCUT2D eigenvalue weighted by atomic mass is 9.87. The zero-order valence-electron chi connectivity index (χ0n) is 13.5. The highest BCUT2D eigenvalue weighted by Crippen LogP contribution is 2.23. The van der Waals surface area contributed by atoms with Gasteiger partial charge < -0.3 is 5.32 Å². The van der Waals surface area contributed by atoms with Gasteiger partial charge >= 0.3 is 0 Å². The lowest BCUT2D eigenvalue weighted by Gasteiger charge is -2.18. The molecule has 1 aliphatic rings. The van der Waals surface area contributed by atoms with Crippen LogP contribution >= 0.6 is 0 Å². The topological polar surface area (TPSA) is 54.4 Å². The number of nitrogens with zero attached hydrogens (tertiary/aromatic N) is 2. The molecule has 2 heterocycles. The number of amidine groups is 1. The maximum absolute atomic E-state index is 12.1. The van der Waals surface area contributed by atoms with Gasteiger partial charge in [-0.1, -0.05) is 45.0 Å². The molecule has 0 aliphatic carbocycles. The maximum atomic E-state index is 12.1. The summed E-state index contributed by atoms with van der Waals surface area (Å²) < 4.78 is 0. The molecular weight excluding hydrogens is 286 g/mol. The molecule has 0 fully saturated rings. The molecule has 0 saturated heterocycles.